The van der Waals surface area contributed by atoms with Crippen molar-refractivity contribution in [2.75, 3.05) is 6.54 Å². The lowest BCUT2D eigenvalue weighted by molar-refractivity contribution is 0.584. The van der Waals surface area contributed by atoms with Gasteiger partial charge in [-0.15, -0.1) is 0 Å². The molecule has 6 heteroatoms. The van der Waals surface area contributed by atoms with Crippen LogP contribution in [0.15, 0.2) is 29.1 Å². The smallest absolute Gasteiger partial charge is 0.251 e. The first-order valence-electron chi connectivity index (χ1n) is 5.86. The van der Waals surface area contributed by atoms with Crippen molar-refractivity contribution in [3.8, 4) is 11.4 Å². The number of aromatic amines is 1. The molecule has 0 unspecified atom stereocenters. The fourth-order valence-corrected chi connectivity index (χ4v) is 1.68. The topological polar surface area (TPSA) is 57.8 Å². The van der Waals surface area contributed by atoms with Crippen molar-refractivity contribution in [3.05, 3.63) is 51.9 Å². The first kappa shape index (κ1) is 13.4. The van der Waals surface area contributed by atoms with Gasteiger partial charge in [-0.3, -0.25) is 4.79 Å². The molecule has 0 bridgehead atoms. The largest absolute Gasteiger partial charge is 0.311 e. The number of nitrogens with one attached hydrogen (secondary N) is 2. The molecule has 0 radical (unpaired) electrons. The summed E-state index contributed by atoms with van der Waals surface area (Å²) in [6.07, 6.45) is 0. The van der Waals surface area contributed by atoms with Crippen LogP contribution in [0.25, 0.3) is 11.4 Å². The third-order valence-corrected chi connectivity index (χ3v) is 2.49. The van der Waals surface area contributed by atoms with Crippen molar-refractivity contribution in [3.63, 3.8) is 0 Å². The Bertz CT molecular complexity index is 620. The predicted molar refractivity (Wildman–Crippen MR) is 67.6 cm³/mol. The highest BCUT2D eigenvalue weighted by Gasteiger charge is 2.07. The van der Waals surface area contributed by atoms with Crippen molar-refractivity contribution in [2.45, 2.75) is 13.5 Å². The molecule has 100 valence electrons. The summed E-state index contributed by atoms with van der Waals surface area (Å²) in [6.45, 7) is 3.08. The number of H-pyrrole nitrogens is 1. The van der Waals surface area contributed by atoms with E-state index in [1.54, 1.807) is 0 Å². The van der Waals surface area contributed by atoms with Gasteiger partial charge in [0.15, 0.2) is 0 Å². The number of benzene rings is 1. The van der Waals surface area contributed by atoms with Crippen LogP contribution in [0.5, 0.6) is 0 Å². The Balaban J connectivity index is 2.43. The summed E-state index contributed by atoms with van der Waals surface area (Å²) in [4.78, 5) is 18.1. The average molecular weight is 265 g/mol. The fourth-order valence-electron chi connectivity index (χ4n) is 1.68. The Morgan fingerprint density at radius 3 is 2.53 bits per heavy atom. The normalized spacial score (nSPS) is 10.7. The molecule has 0 spiro atoms. The van der Waals surface area contributed by atoms with Gasteiger partial charge >= 0.3 is 0 Å². The van der Waals surface area contributed by atoms with Crippen LogP contribution in [-0.4, -0.2) is 16.5 Å². The van der Waals surface area contributed by atoms with Gasteiger partial charge in [-0.05, 0) is 18.7 Å². The highest BCUT2D eigenvalue weighted by Crippen LogP contribution is 2.17. The molecule has 1 aromatic carbocycles. The van der Waals surface area contributed by atoms with Gasteiger partial charge in [-0.1, -0.05) is 6.92 Å². The molecule has 0 atom stereocenters. The van der Waals surface area contributed by atoms with Gasteiger partial charge < -0.3 is 10.3 Å². The van der Waals surface area contributed by atoms with Crippen molar-refractivity contribution < 1.29 is 8.78 Å². The molecule has 4 nitrogen and oxygen atoms in total. The number of aromatic nitrogens is 2. The predicted octanol–water partition coefficient (Wildman–Crippen LogP) is 1.82. The van der Waals surface area contributed by atoms with Crippen LogP contribution in [0, 0.1) is 11.6 Å². The summed E-state index contributed by atoms with van der Waals surface area (Å²) in [5, 5.41) is 3.03. The summed E-state index contributed by atoms with van der Waals surface area (Å²) in [7, 11) is 0. The van der Waals surface area contributed by atoms with E-state index in [2.05, 4.69) is 15.3 Å². The van der Waals surface area contributed by atoms with Crippen molar-refractivity contribution in [1.82, 2.24) is 15.3 Å². The molecule has 0 aliphatic carbocycles. The van der Waals surface area contributed by atoms with Gasteiger partial charge in [0.2, 0.25) is 0 Å². The summed E-state index contributed by atoms with van der Waals surface area (Å²) in [5.74, 6) is -1.27. The van der Waals surface area contributed by atoms with Crippen molar-refractivity contribution in [1.29, 1.82) is 0 Å². The highest BCUT2D eigenvalue weighted by molar-refractivity contribution is 5.54. The third kappa shape index (κ3) is 3.45. The second-order valence-corrected chi connectivity index (χ2v) is 4.02. The van der Waals surface area contributed by atoms with Crippen molar-refractivity contribution in [2.24, 2.45) is 0 Å². The van der Waals surface area contributed by atoms with Crippen LogP contribution in [0.3, 0.4) is 0 Å². The van der Waals surface area contributed by atoms with Crippen molar-refractivity contribution >= 4 is 0 Å². The average Bonchev–Trinajstić information content (AvgIpc) is 2.34. The standard InChI is InChI=1S/C13H13F2N3O/c1-2-16-7-11-6-12(19)18-13(17-11)8-3-9(14)5-10(15)4-8/h3-6,16H,2,7H2,1H3,(H,17,18,19). The maximum absolute atomic E-state index is 13.1. The molecule has 0 fully saturated rings. The molecule has 19 heavy (non-hydrogen) atoms. The zero-order valence-corrected chi connectivity index (χ0v) is 10.3. The van der Waals surface area contributed by atoms with Gasteiger partial charge in [0.25, 0.3) is 5.56 Å². The van der Waals surface area contributed by atoms with Crippen LogP contribution in [-0.2, 0) is 6.54 Å². The minimum atomic E-state index is -0.713. The lowest BCUT2D eigenvalue weighted by Crippen LogP contribution is -2.17. The number of rotatable bonds is 4. The summed E-state index contributed by atoms with van der Waals surface area (Å²) in [5.41, 5.74) is 0.362. The number of hydrogen-bond acceptors (Lipinski definition) is 3. The van der Waals surface area contributed by atoms with Crippen LogP contribution in [0.2, 0.25) is 0 Å². The van der Waals surface area contributed by atoms with E-state index in [9.17, 15) is 13.6 Å². The maximum Gasteiger partial charge on any atom is 0.251 e. The molecule has 0 saturated heterocycles. The quantitative estimate of drug-likeness (QED) is 0.886. The van der Waals surface area contributed by atoms with Crippen LogP contribution in [0.4, 0.5) is 8.78 Å². The summed E-state index contributed by atoms with van der Waals surface area (Å²) >= 11 is 0. The number of nitrogens with zero attached hydrogens (tertiary/aromatic N) is 1. The molecule has 1 heterocycles. The maximum atomic E-state index is 13.1. The van der Waals surface area contributed by atoms with E-state index in [-0.39, 0.29) is 16.9 Å². The Kier molecular flexibility index (Phi) is 4.01. The van der Waals surface area contributed by atoms with E-state index in [0.29, 0.717) is 12.2 Å². The molecular weight excluding hydrogens is 252 g/mol. The first-order chi connectivity index (χ1) is 9.08. The van der Waals surface area contributed by atoms with Gasteiger partial charge in [-0.25, -0.2) is 13.8 Å². The van der Waals surface area contributed by atoms with Crippen LogP contribution < -0.4 is 10.9 Å². The number of hydrogen-bond donors (Lipinski definition) is 2. The Labute approximate surface area is 108 Å². The third-order valence-electron chi connectivity index (χ3n) is 2.49. The summed E-state index contributed by atoms with van der Waals surface area (Å²) in [6, 6.07) is 4.36. The SMILES string of the molecule is CCNCc1cc(=O)[nH]c(-c2cc(F)cc(F)c2)n1. The van der Waals surface area contributed by atoms with E-state index in [1.165, 1.54) is 6.07 Å². The van der Waals surface area contributed by atoms with E-state index in [1.807, 2.05) is 6.92 Å². The molecule has 0 aliphatic rings. The molecular formula is C13H13F2N3O. The molecule has 2 N–H and O–H groups in total. The Morgan fingerprint density at radius 1 is 1.21 bits per heavy atom. The van der Waals surface area contributed by atoms with Crippen LogP contribution in [0.1, 0.15) is 12.6 Å². The van der Waals surface area contributed by atoms with Gasteiger partial charge in [0, 0.05) is 24.2 Å². The minimum absolute atomic E-state index is 0.152. The molecule has 2 aromatic rings. The van der Waals surface area contributed by atoms with Crippen LogP contribution >= 0.6 is 0 Å². The van der Waals surface area contributed by atoms with E-state index in [4.69, 9.17) is 0 Å². The molecule has 2 rings (SSSR count). The lowest BCUT2D eigenvalue weighted by atomic mass is 10.2. The first-order valence-corrected chi connectivity index (χ1v) is 5.86. The molecule has 0 amide bonds. The molecule has 0 aliphatic heterocycles. The fraction of sp³-hybridized carbons (Fsp3) is 0.231. The van der Waals surface area contributed by atoms with Gasteiger partial charge in [-0.2, -0.15) is 0 Å². The Morgan fingerprint density at radius 2 is 1.89 bits per heavy atom. The van der Waals surface area contributed by atoms with Gasteiger partial charge in [0.05, 0.1) is 5.69 Å². The van der Waals surface area contributed by atoms with Gasteiger partial charge in [0.1, 0.15) is 17.5 Å². The minimum Gasteiger partial charge on any atom is -0.311 e. The second-order valence-electron chi connectivity index (χ2n) is 4.02. The monoisotopic (exact) mass is 265 g/mol. The molecule has 0 saturated carbocycles. The van der Waals surface area contributed by atoms with E-state index < -0.39 is 11.6 Å². The number of halogens is 2. The zero-order valence-electron chi connectivity index (χ0n) is 10.3. The highest BCUT2D eigenvalue weighted by atomic mass is 19.1. The second kappa shape index (κ2) is 5.71. The lowest BCUT2D eigenvalue weighted by Gasteiger charge is -2.05. The Hall–Kier alpha value is -2.08. The van der Waals surface area contributed by atoms with E-state index >= 15 is 0 Å². The summed E-state index contributed by atoms with van der Waals surface area (Å²) < 4.78 is 26.3. The molecule has 1 aromatic heterocycles. The van der Waals surface area contributed by atoms with E-state index in [0.717, 1.165) is 24.7 Å². The zero-order chi connectivity index (χ0) is 13.8.